The number of ether oxygens (including phenoxy) is 1. The third-order valence-electron chi connectivity index (χ3n) is 5.01. The molecule has 0 unspecified atom stereocenters. The number of amides is 1. The number of fused-ring (bicyclic) bond motifs is 3. The van der Waals surface area contributed by atoms with Crippen LogP contribution in [0.25, 0.3) is 17.2 Å². The van der Waals surface area contributed by atoms with Gasteiger partial charge in [0.1, 0.15) is 12.4 Å². The van der Waals surface area contributed by atoms with E-state index in [0.717, 1.165) is 5.56 Å². The molecule has 1 aliphatic rings. The van der Waals surface area contributed by atoms with Crippen molar-refractivity contribution in [2.24, 2.45) is 0 Å². The number of hydrogen-bond donors (Lipinski definition) is 2. The maximum atomic E-state index is 12.1. The van der Waals surface area contributed by atoms with E-state index in [2.05, 4.69) is 45.5 Å². The number of halogens is 1. The summed E-state index contributed by atoms with van der Waals surface area (Å²) in [7, 11) is 0. The van der Waals surface area contributed by atoms with Crippen LogP contribution in [-0.4, -0.2) is 24.4 Å². The third kappa shape index (κ3) is 4.05. The van der Waals surface area contributed by atoms with Crippen LogP contribution in [-0.2, 0) is 4.74 Å². The van der Waals surface area contributed by atoms with E-state index >= 15 is 0 Å². The van der Waals surface area contributed by atoms with Gasteiger partial charge in [-0.3, -0.25) is 0 Å². The van der Waals surface area contributed by atoms with Crippen molar-refractivity contribution in [3.8, 4) is 16.9 Å². The highest BCUT2D eigenvalue weighted by Crippen LogP contribution is 2.44. The zero-order valence-corrected chi connectivity index (χ0v) is 17.2. The molecule has 0 radical (unpaired) electrons. The Balaban J connectivity index is 1.34. The van der Waals surface area contributed by atoms with Crippen molar-refractivity contribution < 1.29 is 14.6 Å². The summed E-state index contributed by atoms with van der Waals surface area (Å²) in [5.74, 6) is 0.226. The molecule has 0 fully saturated rings. The van der Waals surface area contributed by atoms with E-state index in [9.17, 15) is 9.90 Å². The molecule has 146 valence electrons. The molecule has 4 nitrogen and oxygen atoms in total. The van der Waals surface area contributed by atoms with Gasteiger partial charge in [-0.1, -0.05) is 72.8 Å². The summed E-state index contributed by atoms with van der Waals surface area (Å²) in [4.78, 5) is 12.1. The molecule has 1 amide bonds. The fourth-order valence-corrected chi connectivity index (χ4v) is 4.04. The van der Waals surface area contributed by atoms with Crippen LogP contribution in [0.1, 0.15) is 22.6 Å². The van der Waals surface area contributed by atoms with Crippen LogP contribution in [0.15, 0.2) is 77.3 Å². The summed E-state index contributed by atoms with van der Waals surface area (Å²) < 4.78 is 6.12. The Bertz CT molecular complexity index is 1030. The van der Waals surface area contributed by atoms with Gasteiger partial charge < -0.3 is 15.2 Å². The maximum absolute atomic E-state index is 12.1. The molecule has 3 aromatic rings. The number of hydrogen-bond acceptors (Lipinski definition) is 3. The summed E-state index contributed by atoms with van der Waals surface area (Å²) in [5, 5.41) is 12.4. The van der Waals surface area contributed by atoms with E-state index in [0.29, 0.717) is 17.6 Å². The van der Waals surface area contributed by atoms with Gasteiger partial charge in [0.25, 0.3) is 0 Å². The van der Waals surface area contributed by atoms with Crippen molar-refractivity contribution in [3.63, 3.8) is 0 Å². The number of phenols is 1. The maximum Gasteiger partial charge on any atom is 0.407 e. The van der Waals surface area contributed by atoms with Crippen LogP contribution in [0.3, 0.4) is 0 Å². The van der Waals surface area contributed by atoms with Crippen molar-refractivity contribution in [1.82, 2.24) is 5.32 Å². The van der Waals surface area contributed by atoms with Crippen molar-refractivity contribution in [1.29, 1.82) is 0 Å². The minimum atomic E-state index is -0.452. The summed E-state index contributed by atoms with van der Waals surface area (Å²) in [6.45, 7) is 0.625. The van der Waals surface area contributed by atoms with E-state index in [4.69, 9.17) is 4.74 Å². The van der Waals surface area contributed by atoms with Gasteiger partial charge >= 0.3 is 6.09 Å². The molecule has 29 heavy (non-hydrogen) atoms. The van der Waals surface area contributed by atoms with Crippen LogP contribution in [0.5, 0.6) is 5.75 Å². The van der Waals surface area contributed by atoms with Gasteiger partial charge in [0.2, 0.25) is 0 Å². The van der Waals surface area contributed by atoms with Crippen LogP contribution < -0.4 is 5.32 Å². The van der Waals surface area contributed by atoms with Crippen LogP contribution in [0.4, 0.5) is 4.79 Å². The summed E-state index contributed by atoms with van der Waals surface area (Å²) in [6, 6.07) is 21.7. The molecule has 5 heteroatoms. The normalized spacial score (nSPS) is 12.6. The number of carbonyl (C=O) groups excluding carboxylic acids is 1. The third-order valence-corrected chi connectivity index (χ3v) is 5.88. The fourth-order valence-electron chi connectivity index (χ4n) is 3.64. The van der Waals surface area contributed by atoms with Crippen molar-refractivity contribution >= 4 is 28.1 Å². The molecule has 4 rings (SSSR count). The zero-order valence-electron chi connectivity index (χ0n) is 15.6. The van der Waals surface area contributed by atoms with Gasteiger partial charge in [0.05, 0.1) is 4.47 Å². The van der Waals surface area contributed by atoms with Crippen molar-refractivity contribution in [2.75, 3.05) is 13.2 Å². The second-order valence-electron chi connectivity index (χ2n) is 6.79. The largest absolute Gasteiger partial charge is 0.507 e. The Kier molecular flexibility index (Phi) is 5.67. The highest BCUT2D eigenvalue weighted by Gasteiger charge is 2.28. The lowest BCUT2D eigenvalue weighted by Gasteiger charge is -2.14. The number of rotatable bonds is 5. The van der Waals surface area contributed by atoms with E-state index in [1.165, 1.54) is 22.3 Å². The second kappa shape index (κ2) is 8.53. The lowest BCUT2D eigenvalue weighted by atomic mass is 9.98. The predicted octanol–water partition coefficient (Wildman–Crippen LogP) is 5.71. The molecule has 1 aliphatic carbocycles. The van der Waals surface area contributed by atoms with E-state index in [1.54, 1.807) is 18.2 Å². The molecule has 0 heterocycles. The van der Waals surface area contributed by atoms with Crippen LogP contribution in [0.2, 0.25) is 0 Å². The first-order chi connectivity index (χ1) is 14.1. The van der Waals surface area contributed by atoms with E-state index < -0.39 is 6.09 Å². The average molecular weight is 450 g/mol. The molecule has 0 saturated carbocycles. The van der Waals surface area contributed by atoms with Gasteiger partial charge in [-0.05, 0) is 49.8 Å². The first-order valence-electron chi connectivity index (χ1n) is 9.38. The van der Waals surface area contributed by atoms with E-state index in [1.807, 2.05) is 36.4 Å². The lowest BCUT2D eigenvalue weighted by molar-refractivity contribution is 0.144. The first-order valence-corrected chi connectivity index (χ1v) is 10.2. The van der Waals surface area contributed by atoms with Gasteiger partial charge in [-0.25, -0.2) is 4.79 Å². The average Bonchev–Trinajstić information content (AvgIpc) is 3.06. The van der Waals surface area contributed by atoms with Gasteiger partial charge in [0, 0.05) is 12.5 Å². The summed E-state index contributed by atoms with van der Waals surface area (Å²) >= 11 is 3.34. The molecule has 0 bridgehead atoms. The second-order valence-corrected chi connectivity index (χ2v) is 7.58. The molecule has 0 aliphatic heterocycles. The molecule has 0 spiro atoms. The number of benzene rings is 3. The van der Waals surface area contributed by atoms with Gasteiger partial charge in [0.15, 0.2) is 0 Å². The summed E-state index contributed by atoms with van der Waals surface area (Å²) in [5.41, 5.74) is 5.62. The Morgan fingerprint density at radius 3 is 2.34 bits per heavy atom. The number of carbonyl (C=O) groups is 1. The number of aromatic hydroxyl groups is 1. The topological polar surface area (TPSA) is 58.6 Å². The fraction of sp³-hybridized carbons (Fsp3) is 0.125. The van der Waals surface area contributed by atoms with Crippen molar-refractivity contribution in [2.45, 2.75) is 5.92 Å². The monoisotopic (exact) mass is 449 g/mol. The van der Waals surface area contributed by atoms with E-state index in [-0.39, 0.29) is 11.7 Å². The highest BCUT2D eigenvalue weighted by atomic mass is 79.9. The quantitative estimate of drug-likeness (QED) is 0.524. The molecule has 0 aromatic heterocycles. The minimum Gasteiger partial charge on any atom is -0.507 e. The number of alkyl carbamates (subject to hydrolysis) is 1. The lowest BCUT2D eigenvalue weighted by Crippen LogP contribution is -2.26. The Morgan fingerprint density at radius 1 is 1.00 bits per heavy atom. The molecule has 0 saturated heterocycles. The molecule has 3 aromatic carbocycles. The highest BCUT2D eigenvalue weighted by molar-refractivity contribution is 9.10. The molecular formula is C24H20BrNO3. The Hall–Kier alpha value is -3.05. The minimum absolute atomic E-state index is 0.0481. The molecule has 0 atom stereocenters. The first kappa shape index (κ1) is 19.3. The molecular weight excluding hydrogens is 430 g/mol. The van der Waals surface area contributed by atoms with Gasteiger partial charge in [-0.15, -0.1) is 0 Å². The van der Waals surface area contributed by atoms with Gasteiger partial charge in [-0.2, -0.15) is 0 Å². The number of nitrogens with one attached hydrogen (secondary N) is 1. The summed E-state index contributed by atoms with van der Waals surface area (Å²) in [6.07, 6.45) is 3.18. The van der Waals surface area contributed by atoms with Crippen LogP contribution in [0, 0.1) is 0 Å². The Morgan fingerprint density at radius 2 is 1.66 bits per heavy atom. The van der Waals surface area contributed by atoms with Crippen molar-refractivity contribution in [3.05, 3.63) is 94.0 Å². The smallest absolute Gasteiger partial charge is 0.407 e. The predicted molar refractivity (Wildman–Crippen MR) is 118 cm³/mol. The molecule has 2 N–H and O–H groups in total. The standard InChI is InChI=1S/C24H20BrNO3/c25-23-16(7-5-13-22(23)27)8-6-14-26-24(28)29-15-21-19-11-3-1-9-17(19)18-10-2-4-12-20(18)21/h1-13,21,27H,14-15H2,(H,26,28). The number of phenolic OH excluding ortho intramolecular Hbond substituents is 1. The SMILES string of the molecule is O=C(NCC=Cc1cccc(O)c1Br)OCC1c2ccccc2-c2ccccc21. The van der Waals surface area contributed by atoms with Crippen LogP contribution >= 0.6 is 15.9 Å². The Labute approximate surface area is 178 Å². The zero-order chi connectivity index (χ0) is 20.2.